The summed E-state index contributed by atoms with van der Waals surface area (Å²) in [6, 6.07) is 0. The van der Waals surface area contributed by atoms with Crippen LogP contribution in [0.2, 0.25) is 0 Å². The Morgan fingerprint density at radius 3 is 2.64 bits per heavy atom. The van der Waals surface area contributed by atoms with E-state index < -0.39 is 0 Å². The number of halogens is 1. The maximum Gasteiger partial charge on any atom is 0.0709 e. The molecule has 0 bridgehead atoms. The van der Waals surface area contributed by atoms with Gasteiger partial charge < -0.3 is 10.5 Å². The van der Waals surface area contributed by atoms with Crippen molar-refractivity contribution in [3.63, 3.8) is 0 Å². The molecule has 11 heavy (non-hydrogen) atoms. The van der Waals surface area contributed by atoms with Crippen LogP contribution in [0, 0.1) is 0 Å². The third-order valence-electron chi connectivity index (χ3n) is 1.55. The van der Waals surface area contributed by atoms with Crippen LogP contribution in [-0.4, -0.2) is 18.6 Å². The van der Waals surface area contributed by atoms with Gasteiger partial charge in [-0.25, -0.2) is 0 Å². The summed E-state index contributed by atoms with van der Waals surface area (Å²) in [4.78, 5) is 0. The second kappa shape index (κ2) is 5.44. The van der Waals surface area contributed by atoms with E-state index in [1.54, 1.807) is 7.11 Å². The zero-order valence-corrected chi connectivity index (χ0v) is 8.06. The fourth-order valence-electron chi connectivity index (χ4n) is 0.638. The van der Waals surface area contributed by atoms with E-state index in [2.05, 4.69) is 0 Å². The van der Waals surface area contributed by atoms with Crippen molar-refractivity contribution in [3.05, 3.63) is 11.8 Å². The number of allylic oxidation sites excluding steroid dienone is 2. The molecule has 0 spiro atoms. The number of hydrogen-bond donors (Lipinski definition) is 1. The van der Waals surface area contributed by atoms with Gasteiger partial charge in [-0.2, -0.15) is 0 Å². The summed E-state index contributed by atoms with van der Waals surface area (Å²) >= 11 is 5.95. The van der Waals surface area contributed by atoms with Crippen LogP contribution in [0.15, 0.2) is 11.8 Å². The number of alkyl halides is 1. The van der Waals surface area contributed by atoms with Crippen LogP contribution in [0.1, 0.15) is 20.3 Å². The van der Waals surface area contributed by atoms with Gasteiger partial charge in [0.1, 0.15) is 0 Å². The summed E-state index contributed by atoms with van der Waals surface area (Å²) in [6.07, 6.45) is 2.75. The number of rotatable bonds is 4. The minimum absolute atomic E-state index is 0.0125. The Hall–Kier alpha value is -0.210. The van der Waals surface area contributed by atoms with Crippen molar-refractivity contribution in [1.29, 1.82) is 0 Å². The van der Waals surface area contributed by atoms with Crippen LogP contribution in [0.3, 0.4) is 0 Å². The van der Waals surface area contributed by atoms with E-state index in [-0.39, 0.29) is 11.5 Å². The molecule has 0 aliphatic carbocycles. The number of hydrogen-bond acceptors (Lipinski definition) is 2. The minimum Gasteiger partial charge on any atom is -0.403 e. The molecule has 66 valence electrons. The third kappa shape index (κ3) is 5.10. The summed E-state index contributed by atoms with van der Waals surface area (Å²) in [5.74, 6) is 0. The van der Waals surface area contributed by atoms with Crippen molar-refractivity contribution in [2.45, 2.75) is 31.7 Å². The Morgan fingerprint density at radius 2 is 2.27 bits per heavy atom. The number of nitrogens with two attached hydrogens (primary N) is 1. The van der Waals surface area contributed by atoms with Gasteiger partial charge in [-0.3, -0.25) is 0 Å². The Kier molecular flexibility index (Phi) is 5.34. The lowest BCUT2D eigenvalue weighted by molar-refractivity contribution is 0.115. The SMILES string of the molecule is COC(C)[C@H](Cl)C/C=C(\C)N. The molecule has 0 fully saturated rings. The van der Waals surface area contributed by atoms with Crippen molar-refractivity contribution in [3.8, 4) is 0 Å². The van der Waals surface area contributed by atoms with E-state index in [0.717, 1.165) is 12.1 Å². The lowest BCUT2D eigenvalue weighted by Gasteiger charge is -2.14. The average Bonchev–Trinajstić information content (AvgIpc) is 1.98. The van der Waals surface area contributed by atoms with Crippen LogP contribution in [0.5, 0.6) is 0 Å². The van der Waals surface area contributed by atoms with Crippen LogP contribution >= 0.6 is 11.6 Å². The van der Waals surface area contributed by atoms with E-state index in [4.69, 9.17) is 22.1 Å². The molecule has 0 aliphatic heterocycles. The highest BCUT2D eigenvalue weighted by molar-refractivity contribution is 6.21. The first-order valence-electron chi connectivity index (χ1n) is 3.67. The topological polar surface area (TPSA) is 35.2 Å². The molecule has 0 radical (unpaired) electrons. The molecule has 2 nitrogen and oxygen atoms in total. The predicted molar refractivity (Wildman–Crippen MR) is 48.7 cm³/mol. The molecule has 0 rings (SSSR count). The smallest absolute Gasteiger partial charge is 0.0709 e. The monoisotopic (exact) mass is 177 g/mol. The van der Waals surface area contributed by atoms with Crippen molar-refractivity contribution < 1.29 is 4.74 Å². The van der Waals surface area contributed by atoms with E-state index >= 15 is 0 Å². The van der Waals surface area contributed by atoms with Crippen molar-refractivity contribution in [2.24, 2.45) is 5.73 Å². The molecular formula is C8H16ClNO. The molecule has 0 saturated heterocycles. The van der Waals surface area contributed by atoms with E-state index in [0.29, 0.717) is 0 Å². The fourth-order valence-corrected chi connectivity index (χ4v) is 0.830. The molecule has 0 saturated carbocycles. The maximum atomic E-state index is 5.95. The Labute approximate surface area is 73.4 Å². The third-order valence-corrected chi connectivity index (χ3v) is 2.08. The molecule has 0 aromatic heterocycles. The molecule has 3 heteroatoms. The van der Waals surface area contributed by atoms with Crippen LogP contribution < -0.4 is 5.73 Å². The van der Waals surface area contributed by atoms with Gasteiger partial charge in [-0.1, -0.05) is 6.08 Å². The zero-order valence-electron chi connectivity index (χ0n) is 7.30. The second-order valence-electron chi connectivity index (χ2n) is 2.64. The standard InChI is InChI=1S/C8H16ClNO/c1-6(10)4-5-8(9)7(2)11-3/h4,7-8H,5,10H2,1-3H3/b6-4+/t7?,8-/m1/s1. The summed E-state index contributed by atoms with van der Waals surface area (Å²) in [7, 11) is 1.65. The van der Waals surface area contributed by atoms with Gasteiger partial charge in [-0.15, -0.1) is 11.6 Å². The van der Waals surface area contributed by atoms with Gasteiger partial charge in [0, 0.05) is 12.8 Å². The average molecular weight is 178 g/mol. The zero-order chi connectivity index (χ0) is 8.85. The first-order valence-corrected chi connectivity index (χ1v) is 4.10. The van der Waals surface area contributed by atoms with Gasteiger partial charge in [0.25, 0.3) is 0 Å². The number of ether oxygens (including phenoxy) is 1. The van der Waals surface area contributed by atoms with Crippen molar-refractivity contribution in [1.82, 2.24) is 0 Å². The highest BCUT2D eigenvalue weighted by Crippen LogP contribution is 2.11. The van der Waals surface area contributed by atoms with Crippen molar-refractivity contribution >= 4 is 11.6 Å². The van der Waals surface area contributed by atoms with Gasteiger partial charge in [0.2, 0.25) is 0 Å². The normalized spacial score (nSPS) is 18.0. The molecular weight excluding hydrogens is 162 g/mol. The summed E-state index contributed by atoms with van der Waals surface area (Å²) in [5.41, 5.74) is 6.25. The summed E-state index contributed by atoms with van der Waals surface area (Å²) < 4.78 is 5.04. The lowest BCUT2D eigenvalue weighted by atomic mass is 10.2. The van der Waals surface area contributed by atoms with E-state index in [1.807, 2.05) is 19.9 Å². The van der Waals surface area contributed by atoms with Gasteiger partial charge in [-0.05, 0) is 20.3 Å². The van der Waals surface area contributed by atoms with Crippen LogP contribution in [0.25, 0.3) is 0 Å². The lowest BCUT2D eigenvalue weighted by Crippen LogP contribution is -2.18. The largest absolute Gasteiger partial charge is 0.403 e. The molecule has 2 N–H and O–H groups in total. The summed E-state index contributed by atoms with van der Waals surface area (Å²) in [6.45, 7) is 3.79. The Bertz CT molecular complexity index is 132. The fraction of sp³-hybridized carbons (Fsp3) is 0.750. The highest BCUT2D eigenvalue weighted by Gasteiger charge is 2.11. The molecule has 1 unspecified atom stereocenters. The molecule has 0 aromatic rings. The second-order valence-corrected chi connectivity index (χ2v) is 3.20. The first-order chi connectivity index (χ1) is 5.07. The highest BCUT2D eigenvalue weighted by atomic mass is 35.5. The van der Waals surface area contributed by atoms with Crippen molar-refractivity contribution in [2.75, 3.05) is 7.11 Å². The minimum atomic E-state index is 0.0125. The van der Waals surface area contributed by atoms with Gasteiger partial charge >= 0.3 is 0 Å². The quantitative estimate of drug-likeness (QED) is 0.666. The van der Waals surface area contributed by atoms with E-state index in [1.165, 1.54) is 0 Å². The van der Waals surface area contributed by atoms with Gasteiger partial charge in [0.15, 0.2) is 0 Å². The molecule has 0 aliphatic rings. The van der Waals surface area contributed by atoms with E-state index in [9.17, 15) is 0 Å². The van der Waals surface area contributed by atoms with Crippen LogP contribution in [0.4, 0.5) is 0 Å². The maximum absolute atomic E-state index is 5.95. The molecule has 0 amide bonds. The predicted octanol–water partition coefficient (Wildman–Crippen LogP) is 1.88. The Morgan fingerprint density at radius 1 is 1.73 bits per heavy atom. The molecule has 0 aromatic carbocycles. The molecule has 0 heterocycles. The molecule has 2 atom stereocenters. The van der Waals surface area contributed by atoms with Crippen LogP contribution in [-0.2, 0) is 4.74 Å². The first kappa shape index (κ1) is 10.8. The van der Waals surface area contributed by atoms with Gasteiger partial charge in [0.05, 0.1) is 11.5 Å². The number of methoxy groups -OCH3 is 1. The Balaban J connectivity index is 3.68. The summed E-state index contributed by atoms with van der Waals surface area (Å²) in [5, 5.41) is 0.0125.